The SMILES string of the molecule is C=C(CCN(C)C(=O)c1cccc(F)c1)NCc1ccc(F)cc1. The van der Waals surface area contributed by atoms with E-state index in [0.29, 0.717) is 25.1 Å². The van der Waals surface area contributed by atoms with E-state index in [2.05, 4.69) is 11.9 Å². The van der Waals surface area contributed by atoms with Crippen LogP contribution in [0.3, 0.4) is 0 Å². The van der Waals surface area contributed by atoms with Crippen LogP contribution in [0.1, 0.15) is 22.3 Å². The Bertz CT molecular complexity index is 714. The molecule has 0 saturated carbocycles. The molecule has 1 N–H and O–H groups in total. The molecule has 0 fully saturated rings. The van der Waals surface area contributed by atoms with Crippen LogP contribution >= 0.6 is 0 Å². The number of hydrogen-bond acceptors (Lipinski definition) is 2. The minimum atomic E-state index is -0.431. The molecule has 0 radical (unpaired) electrons. The molecule has 0 spiro atoms. The Kier molecular flexibility index (Phi) is 6.07. The summed E-state index contributed by atoms with van der Waals surface area (Å²) in [7, 11) is 1.67. The quantitative estimate of drug-likeness (QED) is 0.839. The van der Waals surface area contributed by atoms with Gasteiger partial charge in [-0.15, -0.1) is 0 Å². The van der Waals surface area contributed by atoms with Gasteiger partial charge in [0.2, 0.25) is 0 Å². The number of nitrogens with zero attached hydrogens (tertiary/aromatic N) is 1. The lowest BCUT2D eigenvalue weighted by molar-refractivity contribution is 0.0795. The molecule has 0 bridgehead atoms. The molecule has 2 rings (SSSR count). The van der Waals surface area contributed by atoms with Crippen LogP contribution in [0.5, 0.6) is 0 Å². The first-order valence-electron chi connectivity index (χ1n) is 7.63. The Morgan fingerprint density at radius 1 is 1.12 bits per heavy atom. The van der Waals surface area contributed by atoms with E-state index in [4.69, 9.17) is 0 Å². The van der Waals surface area contributed by atoms with E-state index in [1.165, 1.54) is 35.2 Å². The third-order valence-electron chi connectivity index (χ3n) is 3.62. The van der Waals surface area contributed by atoms with Crippen molar-refractivity contribution in [3.8, 4) is 0 Å². The lowest BCUT2D eigenvalue weighted by Crippen LogP contribution is -2.29. The van der Waals surface area contributed by atoms with Crippen LogP contribution in [0.15, 0.2) is 60.8 Å². The fraction of sp³-hybridized carbons (Fsp3) is 0.211. The van der Waals surface area contributed by atoms with Crippen LogP contribution in [-0.2, 0) is 6.54 Å². The van der Waals surface area contributed by atoms with Crippen molar-refractivity contribution < 1.29 is 13.6 Å². The molecule has 24 heavy (non-hydrogen) atoms. The first kappa shape index (κ1) is 17.7. The first-order chi connectivity index (χ1) is 11.5. The van der Waals surface area contributed by atoms with Gasteiger partial charge in [-0.25, -0.2) is 8.78 Å². The Balaban J connectivity index is 1.78. The molecule has 0 atom stereocenters. The van der Waals surface area contributed by atoms with E-state index < -0.39 is 5.82 Å². The van der Waals surface area contributed by atoms with Crippen molar-refractivity contribution in [2.75, 3.05) is 13.6 Å². The molecular formula is C19H20F2N2O. The van der Waals surface area contributed by atoms with Gasteiger partial charge in [-0.3, -0.25) is 4.79 Å². The maximum absolute atomic E-state index is 13.2. The van der Waals surface area contributed by atoms with Crippen molar-refractivity contribution in [3.63, 3.8) is 0 Å². The predicted molar refractivity (Wildman–Crippen MR) is 90.4 cm³/mol. The fourth-order valence-electron chi connectivity index (χ4n) is 2.16. The summed E-state index contributed by atoms with van der Waals surface area (Å²) in [5.74, 6) is -0.935. The fourth-order valence-corrected chi connectivity index (χ4v) is 2.16. The average molecular weight is 330 g/mol. The lowest BCUT2D eigenvalue weighted by Gasteiger charge is -2.18. The zero-order valence-corrected chi connectivity index (χ0v) is 13.6. The van der Waals surface area contributed by atoms with Crippen LogP contribution in [0.2, 0.25) is 0 Å². The average Bonchev–Trinajstić information content (AvgIpc) is 2.58. The Labute approximate surface area is 140 Å². The van der Waals surface area contributed by atoms with E-state index in [1.807, 2.05) is 0 Å². The maximum atomic E-state index is 13.2. The summed E-state index contributed by atoms with van der Waals surface area (Å²) in [4.78, 5) is 13.7. The molecule has 0 aliphatic rings. The smallest absolute Gasteiger partial charge is 0.253 e. The molecule has 0 aliphatic carbocycles. The summed E-state index contributed by atoms with van der Waals surface area (Å²) >= 11 is 0. The molecular weight excluding hydrogens is 310 g/mol. The molecule has 0 unspecified atom stereocenters. The highest BCUT2D eigenvalue weighted by atomic mass is 19.1. The van der Waals surface area contributed by atoms with Crippen LogP contribution in [0.25, 0.3) is 0 Å². The van der Waals surface area contributed by atoms with Gasteiger partial charge in [-0.2, -0.15) is 0 Å². The summed E-state index contributed by atoms with van der Waals surface area (Å²) < 4.78 is 26.0. The molecule has 0 aliphatic heterocycles. The molecule has 5 heteroatoms. The largest absolute Gasteiger partial charge is 0.385 e. The van der Waals surface area contributed by atoms with Crippen molar-refractivity contribution in [2.24, 2.45) is 0 Å². The van der Waals surface area contributed by atoms with Crippen LogP contribution in [0.4, 0.5) is 8.78 Å². The predicted octanol–water partition coefficient (Wildman–Crippen LogP) is 3.73. The normalized spacial score (nSPS) is 10.3. The van der Waals surface area contributed by atoms with E-state index in [-0.39, 0.29) is 11.7 Å². The van der Waals surface area contributed by atoms with Crippen molar-refractivity contribution in [3.05, 3.63) is 83.6 Å². The molecule has 0 heterocycles. The van der Waals surface area contributed by atoms with E-state index >= 15 is 0 Å². The van der Waals surface area contributed by atoms with Gasteiger partial charge < -0.3 is 10.2 Å². The number of carbonyl (C=O) groups is 1. The number of nitrogens with one attached hydrogen (secondary N) is 1. The summed E-state index contributed by atoms with van der Waals surface area (Å²) in [5.41, 5.74) is 2.04. The van der Waals surface area contributed by atoms with Gasteiger partial charge in [0, 0.05) is 37.8 Å². The van der Waals surface area contributed by atoms with Gasteiger partial charge in [0.25, 0.3) is 5.91 Å². The molecule has 0 aromatic heterocycles. The van der Waals surface area contributed by atoms with Crippen molar-refractivity contribution in [2.45, 2.75) is 13.0 Å². The zero-order chi connectivity index (χ0) is 17.5. The van der Waals surface area contributed by atoms with Crippen LogP contribution < -0.4 is 5.32 Å². The number of benzene rings is 2. The maximum Gasteiger partial charge on any atom is 0.253 e. The molecule has 126 valence electrons. The first-order valence-corrected chi connectivity index (χ1v) is 7.63. The van der Waals surface area contributed by atoms with Crippen LogP contribution in [-0.4, -0.2) is 24.4 Å². The third kappa shape index (κ3) is 5.19. The Morgan fingerprint density at radius 3 is 2.50 bits per heavy atom. The topological polar surface area (TPSA) is 32.3 Å². The van der Waals surface area contributed by atoms with E-state index in [0.717, 1.165) is 11.3 Å². The minimum absolute atomic E-state index is 0.235. The molecule has 0 saturated heterocycles. The highest BCUT2D eigenvalue weighted by Crippen LogP contribution is 2.08. The van der Waals surface area contributed by atoms with E-state index in [9.17, 15) is 13.6 Å². The molecule has 2 aromatic rings. The minimum Gasteiger partial charge on any atom is -0.385 e. The lowest BCUT2D eigenvalue weighted by atomic mass is 10.2. The number of rotatable bonds is 7. The zero-order valence-electron chi connectivity index (χ0n) is 13.6. The van der Waals surface area contributed by atoms with Crippen LogP contribution in [0, 0.1) is 11.6 Å². The highest BCUT2D eigenvalue weighted by molar-refractivity contribution is 5.94. The molecule has 1 amide bonds. The van der Waals surface area contributed by atoms with Gasteiger partial charge in [0.1, 0.15) is 11.6 Å². The standard InChI is InChI=1S/C19H20F2N2O/c1-14(22-13-15-6-8-17(20)9-7-15)10-11-23(2)19(24)16-4-3-5-18(21)12-16/h3-9,12,22H,1,10-11,13H2,2H3. The van der Waals surface area contributed by atoms with E-state index in [1.54, 1.807) is 25.2 Å². The second-order valence-corrected chi connectivity index (χ2v) is 5.57. The summed E-state index contributed by atoms with van der Waals surface area (Å²) in [6.07, 6.45) is 0.568. The molecule has 2 aromatic carbocycles. The number of halogens is 2. The third-order valence-corrected chi connectivity index (χ3v) is 3.62. The second-order valence-electron chi connectivity index (χ2n) is 5.57. The van der Waals surface area contributed by atoms with Gasteiger partial charge in [0.15, 0.2) is 0 Å². The van der Waals surface area contributed by atoms with Gasteiger partial charge in [0.05, 0.1) is 0 Å². The Morgan fingerprint density at radius 2 is 1.83 bits per heavy atom. The van der Waals surface area contributed by atoms with Gasteiger partial charge in [-0.05, 0) is 35.9 Å². The van der Waals surface area contributed by atoms with Crippen molar-refractivity contribution in [1.82, 2.24) is 10.2 Å². The summed E-state index contributed by atoms with van der Waals surface area (Å²) in [6, 6.07) is 11.8. The number of amides is 1. The number of hydrogen-bond donors (Lipinski definition) is 1. The van der Waals surface area contributed by atoms with Gasteiger partial charge >= 0.3 is 0 Å². The second kappa shape index (κ2) is 8.24. The summed E-state index contributed by atoms with van der Waals surface area (Å²) in [5, 5.41) is 3.15. The van der Waals surface area contributed by atoms with Gasteiger partial charge in [-0.1, -0.05) is 24.8 Å². The summed E-state index contributed by atoms with van der Waals surface area (Å²) in [6.45, 7) is 4.93. The van der Waals surface area contributed by atoms with Crippen molar-refractivity contribution >= 4 is 5.91 Å². The molecule has 3 nitrogen and oxygen atoms in total. The Hall–Kier alpha value is -2.69. The monoisotopic (exact) mass is 330 g/mol. The number of carbonyl (C=O) groups excluding carboxylic acids is 1. The van der Waals surface area contributed by atoms with Crippen molar-refractivity contribution in [1.29, 1.82) is 0 Å². The highest BCUT2D eigenvalue weighted by Gasteiger charge is 2.12.